The summed E-state index contributed by atoms with van der Waals surface area (Å²) in [6.07, 6.45) is 1.70. The molecule has 0 unspecified atom stereocenters. The molecule has 0 aliphatic rings. The van der Waals surface area contributed by atoms with Crippen LogP contribution in [0.15, 0.2) is 28.8 Å². The Bertz CT molecular complexity index is 602. The maximum Gasteiger partial charge on any atom is 0.226 e. The van der Waals surface area contributed by atoms with Crippen molar-refractivity contribution < 1.29 is 9.32 Å². The summed E-state index contributed by atoms with van der Waals surface area (Å²) in [5, 5.41) is 10.4. The Kier molecular flexibility index (Phi) is 8.61. The molecule has 1 amide bonds. The number of nitrogens with one attached hydrogen (secondary N) is 2. The first-order chi connectivity index (χ1) is 10.7. The lowest BCUT2D eigenvalue weighted by atomic mass is 10.2. The highest BCUT2D eigenvalue weighted by molar-refractivity contribution is 6.30. The summed E-state index contributed by atoms with van der Waals surface area (Å²) < 4.78 is 5.19. The quantitative estimate of drug-likeness (QED) is 0.708. The van der Waals surface area contributed by atoms with Crippen molar-refractivity contribution in [1.29, 1.82) is 0 Å². The van der Waals surface area contributed by atoms with E-state index in [2.05, 4.69) is 20.8 Å². The zero-order valence-corrected chi connectivity index (χ0v) is 14.4. The van der Waals surface area contributed by atoms with Crippen LogP contribution >= 0.6 is 24.0 Å². The standard InChI is InChI=1S/C15H19ClN4O2.ClH/c1-17-9-10-18-13(21)3-2-4-14-19-15(20-22-14)11-5-7-12(16)8-6-11;/h5-8,17H,2-4,9-10H2,1H3,(H,18,21);1H. The van der Waals surface area contributed by atoms with E-state index in [0.29, 0.717) is 42.5 Å². The van der Waals surface area contributed by atoms with Crippen LogP contribution in [-0.4, -0.2) is 36.2 Å². The van der Waals surface area contributed by atoms with Gasteiger partial charge in [0.25, 0.3) is 0 Å². The summed E-state index contributed by atoms with van der Waals surface area (Å²) in [4.78, 5) is 15.9. The number of carbonyl (C=O) groups is 1. The fourth-order valence-corrected chi connectivity index (χ4v) is 2.01. The summed E-state index contributed by atoms with van der Waals surface area (Å²) >= 11 is 5.84. The van der Waals surface area contributed by atoms with E-state index in [-0.39, 0.29) is 18.3 Å². The minimum absolute atomic E-state index is 0. The Morgan fingerprint density at radius 3 is 2.70 bits per heavy atom. The van der Waals surface area contributed by atoms with E-state index in [0.717, 1.165) is 12.1 Å². The fraction of sp³-hybridized carbons (Fsp3) is 0.400. The molecule has 0 fully saturated rings. The van der Waals surface area contributed by atoms with Crippen molar-refractivity contribution in [2.24, 2.45) is 0 Å². The van der Waals surface area contributed by atoms with Crippen LogP contribution in [0, 0.1) is 0 Å². The molecule has 2 aromatic rings. The van der Waals surface area contributed by atoms with Gasteiger partial charge >= 0.3 is 0 Å². The summed E-state index contributed by atoms with van der Waals surface area (Å²) in [7, 11) is 1.85. The van der Waals surface area contributed by atoms with Crippen LogP contribution in [-0.2, 0) is 11.2 Å². The molecular weight excluding hydrogens is 339 g/mol. The molecule has 0 radical (unpaired) electrons. The number of aromatic nitrogens is 2. The summed E-state index contributed by atoms with van der Waals surface area (Å²) in [5.74, 6) is 1.10. The first-order valence-corrected chi connectivity index (χ1v) is 7.56. The molecule has 1 aromatic carbocycles. The SMILES string of the molecule is CNCCNC(=O)CCCc1nc(-c2ccc(Cl)cc2)no1.Cl. The zero-order chi connectivity index (χ0) is 15.8. The molecule has 23 heavy (non-hydrogen) atoms. The van der Waals surface area contributed by atoms with Gasteiger partial charge in [0.1, 0.15) is 0 Å². The van der Waals surface area contributed by atoms with Crippen molar-refractivity contribution in [3.05, 3.63) is 35.2 Å². The molecule has 0 saturated heterocycles. The number of hydrogen-bond acceptors (Lipinski definition) is 5. The lowest BCUT2D eigenvalue weighted by molar-refractivity contribution is -0.121. The zero-order valence-electron chi connectivity index (χ0n) is 12.8. The smallest absolute Gasteiger partial charge is 0.226 e. The second kappa shape index (κ2) is 10.2. The van der Waals surface area contributed by atoms with Crippen LogP contribution in [0.1, 0.15) is 18.7 Å². The highest BCUT2D eigenvalue weighted by Gasteiger charge is 2.09. The van der Waals surface area contributed by atoms with Gasteiger partial charge in [0.05, 0.1) is 0 Å². The van der Waals surface area contributed by atoms with Crippen molar-refractivity contribution in [3.63, 3.8) is 0 Å². The number of halogens is 2. The van der Waals surface area contributed by atoms with E-state index >= 15 is 0 Å². The maximum atomic E-state index is 11.5. The van der Waals surface area contributed by atoms with Crippen molar-refractivity contribution >= 4 is 29.9 Å². The normalized spacial score (nSPS) is 10.2. The molecule has 126 valence electrons. The summed E-state index contributed by atoms with van der Waals surface area (Å²) in [5.41, 5.74) is 0.851. The Labute approximate surface area is 146 Å². The molecule has 1 heterocycles. The van der Waals surface area contributed by atoms with Gasteiger partial charge in [0.2, 0.25) is 17.6 Å². The largest absolute Gasteiger partial charge is 0.355 e. The molecule has 8 heteroatoms. The predicted molar refractivity (Wildman–Crippen MR) is 91.9 cm³/mol. The molecule has 0 bridgehead atoms. The monoisotopic (exact) mass is 358 g/mol. The molecule has 0 saturated carbocycles. The van der Waals surface area contributed by atoms with Crippen molar-refractivity contribution in [2.75, 3.05) is 20.1 Å². The van der Waals surface area contributed by atoms with Gasteiger partial charge in [-0.1, -0.05) is 16.8 Å². The highest BCUT2D eigenvalue weighted by atomic mass is 35.5. The fourth-order valence-electron chi connectivity index (χ4n) is 1.89. The molecule has 2 rings (SSSR count). The Morgan fingerprint density at radius 1 is 1.26 bits per heavy atom. The second-order valence-electron chi connectivity index (χ2n) is 4.83. The third kappa shape index (κ3) is 6.56. The van der Waals surface area contributed by atoms with Crippen LogP contribution in [0.2, 0.25) is 5.02 Å². The maximum absolute atomic E-state index is 11.5. The predicted octanol–water partition coefficient (Wildman–Crippen LogP) is 2.47. The van der Waals surface area contributed by atoms with Gasteiger partial charge in [-0.05, 0) is 37.7 Å². The number of hydrogen-bond donors (Lipinski definition) is 2. The third-order valence-corrected chi connectivity index (χ3v) is 3.31. The van der Waals surface area contributed by atoms with E-state index < -0.39 is 0 Å². The van der Waals surface area contributed by atoms with Gasteiger partial charge in [0, 0.05) is 36.5 Å². The van der Waals surface area contributed by atoms with E-state index in [1.54, 1.807) is 12.1 Å². The van der Waals surface area contributed by atoms with Crippen LogP contribution < -0.4 is 10.6 Å². The highest BCUT2D eigenvalue weighted by Crippen LogP contribution is 2.19. The molecule has 0 atom stereocenters. The van der Waals surface area contributed by atoms with Crippen LogP contribution in [0.25, 0.3) is 11.4 Å². The van der Waals surface area contributed by atoms with Gasteiger partial charge in [-0.3, -0.25) is 4.79 Å². The average Bonchev–Trinajstić information content (AvgIpc) is 2.97. The molecule has 6 nitrogen and oxygen atoms in total. The summed E-state index contributed by atoms with van der Waals surface area (Å²) in [6.45, 7) is 1.40. The van der Waals surface area contributed by atoms with Crippen molar-refractivity contribution in [3.8, 4) is 11.4 Å². The van der Waals surface area contributed by atoms with Gasteiger partial charge in [-0.2, -0.15) is 4.98 Å². The molecular formula is C15H20Cl2N4O2. The average molecular weight is 359 g/mol. The number of amides is 1. The molecule has 2 N–H and O–H groups in total. The Balaban J connectivity index is 0.00000264. The molecule has 0 spiro atoms. The number of aryl methyl sites for hydroxylation is 1. The number of benzene rings is 1. The van der Waals surface area contributed by atoms with Crippen LogP contribution in [0.5, 0.6) is 0 Å². The van der Waals surface area contributed by atoms with Gasteiger partial charge in [0.15, 0.2) is 0 Å². The van der Waals surface area contributed by atoms with E-state index in [9.17, 15) is 4.79 Å². The lowest BCUT2D eigenvalue weighted by Gasteiger charge is -2.03. The molecule has 1 aromatic heterocycles. The lowest BCUT2D eigenvalue weighted by Crippen LogP contribution is -2.30. The minimum atomic E-state index is 0. The third-order valence-electron chi connectivity index (χ3n) is 3.06. The first-order valence-electron chi connectivity index (χ1n) is 7.19. The number of likely N-dealkylation sites (N-methyl/N-ethyl adjacent to an activating group) is 1. The Hall–Kier alpha value is -1.63. The van der Waals surface area contributed by atoms with Gasteiger partial charge in [-0.15, -0.1) is 12.4 Å². The van der Waals surface area contributed by atoms with Crippen LogP contribution in [0.4, 0.5) is 0 Å². The van der Waals surface area contributed by atoms with Gasteiger partial charge < -0.3 is 15.2 Å². The number of carbonyl (C=O) groups excluding carboxylic acids is 1. The number of rotatable bonds is 8. The van der Waals surface area contributed by atoms with Crippen molar-refractivity contribution in [1.82, 2.24) is 20.8 Å². The molecule has 0 aliphatic carbocycles. The summed E-state index contributed by atoms with van der Waals surface area (Å²) in [6, 6.07) is 7.24. The Morgan fingerprint density at radius 2 is 2.00 bits per heavy atom. The number of nitrogens with zero attached hydrogens (tertiary/aromatic N) is 2. The topological polar surface area (TPSA) is 80.0 Å². The van der Waals surface area contributed by atoms with E-state index in [1.807, 2.05) is 19.2 Å². The van der Waals surface area contributed by atoms with E-state index in [4.69, 9.17) is 16.1 Å². The minimum Gasteiger partial charge on any atom is -0.355 e. The van der Waals surface area contributed by atoms with E-state index in [1.165, 1.54) is 0 Å². The molecule has 0 aliphatic heterocycles. The van der Waals surface area contributed by atoms with Crippen LogP contribution in [0.3, 0.4) is 0 Å². The van der Waals surface area contributed by atoms with Gasteiger partial charge in [-0.25, -0.2) is 0 Å². The second-order valence-corrected chi connectivity index (χ2v) is 5.26. The first kappa shape index (κ1) is 19.4. The van der Waals surface area contributed by atoms with Crippen molar-refractivity contribution in [2.45, 2.75) is 19.3 Å².